The van der Waals surface area contributed by atoms with Crippen LogP contribution < -0.4 is 10.0 Å². The molecule has 2 aromatic rings. The van der Waals surface area contributed by atoms with Crippen LogP contribution in [0, 0.1) is 13.8 Å². The molecule has 1 heterocycles. The number of benzene rings is 1. The van der Waals surface area contributed by atoms with Gasteiger partial charge in [0.2, 0.25) is 15.9 Å². The molecule has 0 saturated carbocycles. The Morgan fingerprint density at radius 1 is 1.27 bits per heavy atom. The van der Waals surface area contributed by atoms with Crippen LogP contribution in [0.2, 0.25) is 10.0 Å². The number of sulfonamides is 1. The fraction of sp³-hybridized carbons (Fsp3) is 0.474. The van der Waals surface area contributed by atoms with Gasteiger partial charge in [-0.1, -0.05) is 23.2 Å². The van der Waals surface area contributed by atoms with Gasteiger partial charge in [-0.15, -0.1) is 0 Å². The van der Waals surface area contributed by atoms with E-state index in [0.29, 0.717) is 31.7 Å². The summed E-state index contributed by atoms with van der Waals surface area (Å²) in [5.41, 5.74) is 2.01. The van der Waals surface area contributed by atoms with Crippen LogP contribution in [0.25, 0.3) is 0 Å². The van der Waals surface area contributed by atoms with Gasteiger partial charge >= 0.3 is 0 Å². The van der Waals surface area contributed by atoms with Crippen molar-refractivity contribution in [2.45, 2.75) is 44.2 Å². The fourth-order valence-electron chi connectivity index (χ4n) is 2.88. The third-order valence-corrected chi connectivity index (χ3v) is 7.19. The molecule has 1 atom stereocenters. The Bertz CT molecular complexity index is 980. The minimum atomic E-state index is -4.02. The number of nitrogens with zero attached hydrogens (tertiary/aromatic N) is 2. The Morgan fingerprint density at radius 3 is 2.63 bits per heavy atom. The average Bonchev–Trinajstić information content (AvgIpc) is 3.00. The minimum Gasteiger partial charge on any atom is -0.355 e. The van der Waals surface area contributed by atoms with Gasteiger partial charge in [0.15, 0.2) is 0 Å². The maximum Gasteiger partial charge on any atom is 0.242 e. The summed E-state index contributed by atoms with van der Waals surface area (Å²) in [5.74, 6) is 0.245. The van der Waals surface area contributed by atoms with Crippen molar-refractivity contribution in [3.8, 4) is 0 Å². The molecule has 1 amide bonds. The van der Waals surface area contributed by atoms with E-state index in [-0.39, 0.29) is 20.8 Å². The lowest BCUT2D eigenvalue weighted by atomic mass is 10.2. The highest BCUT2D eigenvalue weighted by Crippen LogP contribution is 2.25. The van der Waals surface area contributed by atoms with Gasteiger partial charge in [0, 0.05) is 23.8 Å². The predicted octanol–water partition coefficient (Wildman–Crippen LogP) is 3.41. The quantitative estimate of drug-likeness (QED) is 0.468. The van der Waals surface area contributed by atoms with E-state index < -0.39 is 16.1 Å². The second-order valence-electron chi connectivity index (χ2n) is 6.82. The second kappa shape index (κ2) is 11.4. The molecule has 7 nitrogen and oxygen atoms in total. The molecule has 2 rings (SSSR count). The van der Waals surface area contributed by atoms with E-state index >= 15 is 0 Å². The maximum absolute atomic E-state index is 12.8. The lowest BCUT2D eigenvalue weighted by molar-refractivity contribution is -0.122. The predicted molar refractivity (Wildman–Crippen MR) is 123 cm³/mol. The van der Waals surface area contributed by atoms with Crippen molar-refractivity contribution in [1.29, 1.82) is 0 Å². The minimum absolute atomic E-state index is 0.0424. The van der Waals surface area contributed by atoms with Crippen molar-refractivity contribution in [3.05, 3.63) is 45.7 Å². The average molecular weight is 493 g/mol. The molecule has 0 aliphatic heterocycles. The molecular formula is C19H26Cl2N4O3S2. The first-order valence-electron chi connectivity index (χ1n) is 9.39. The third-order valence-electron chi connectivity index (χ3n) is 4.36. The molecule has 1 aromatic heterocycles. The lowest BCUT2D eigenvalue weighted by Crippen LogP contribution is -2.47. The van der Waals surface area contributed by atoms with Crippen LogP contribution in [-0.4, -0.2) is 48.7 Å². The van der Waals surface area contributed by atoms with Crippen molar-refractivity contribution in [2.75, 3.05) is 18.6 Å². The largest absolute Gasteiger partial charge is 0.355 e. The molecular weight excluding hydrogens is 467 g/mol. The van der Waals surface area contributed by atoms with E-state index in [1.165, 1.54) is 30.0 Å². The number of amides is 1. The molecule has 0 aliphatic carbocycles. The van der Waals surface area contributed by atoms with E-state index in [4.69, 9.17) is 23.2 Å². The summed E-state index contributed by atoms with van der Waals surface area (Å²) in [6.07, 6.45) is 2.92. The van der Waals surface area contributed by atoms with Crippen molar-refractivity contribution in [2.24, 2.45) is 0 Å². The first kappa shape index (κ1) is 25.0. The van der Waals surface area contributed by atoms with Crippen LogP contribution in [0.5, 0.6) is 0 Å². The number of carbonyl (C=O) groups excluding carboxylic acids is 1. The summed E-state index contributed by atoms with van der Waals surface area (Å²) in [6.45, 7) is 4.98. The number of hydrogen-bond donors (Lipinski definition) is 2. The summed E-state index contributed by atoms with van der Waals surface area (Å²) in [7, 11) is -4.02. The first-order valence-corrected chi connectivity index (χ1v) is 13.0. The molecule has 0 bridgehead atoms. The molecule has 2 N–H and O–H groups in total. The van der Waals surface area contributed by atoms with Gasteiger partial charge in [-0.05, 0) is 63.0 Å². The molecule has 1 unspecified atom stereocenters. The third kappa shape index (κ3) is 7.16. The lowest BCUT2D eigenvalue weighted by Gasteiger charge is -2.19. The highest BCUT2D eigenvalue weighted by molar-refractivity contribution is 7.98. The number of aryl methyl sites for hydroxylation is 3. The normalized spacial score (nSPS) is 12.7. The summed E-state index contributed by atoms with van der Waals surface area (Å²) in [4.78, 5) is 12.5. The van der Waals surface area contributed by atoms with Gasteiger partial charge in [-0.2, -0.15) is 21.6 Å². The molecule has 0 fully saturated rings. The highest BCUT2D eigenvalue weighted by Gasteiger charge is 2.27. The van der Waals surface area contributed by atoms with Gasteiger partial charge in [0.05, 0.1) is 10.7 Å². The first-order chi connectivity index (χ1) is 14.1. The standard InChI is InChI=1S/C19H26Cl2N4O3S2/c1-13-11-14(2)25(23-13)9-4-8-22-19(26)17(7-10-29-3)24-30(27,28)18-12-15(20)5-6-16(18)21/h5-6,11-12,17,24H,4,7-10H2,1-3H3,(H,22,26). The molecule has 0 saturated heterocycles. The zero-order chi connectivity index (χ0) is 22.3. The Balaban J connectivity index is 2.00. The van der Waals surface area contributed by atoms with E-state index in [2.05, 4.69) is 15.1 Å². The Morgan fingerprint density at radius 2 is 2.00 bits per heavy atom. The number of rotatable bonds is 11. The zero-order valence-electron chi connectivity index (χ0n) is 17.1. The Labute approximate surface area is 191 Å². The van der Waals surface area contributed by atoms with Crippen LogP contribution >= 0.6 is 35.0 Å². The second-order valence-corrected chi connectivity index (χ2v) is 10.3. The molecule has 0 radical (unpaired) electrons. The maximum atomic E-state index is 12.8. The molecule has 1 aromatic carbocycles. The topological polar surface area (TPSA) is 93.1 Å². The number of carbonyl (C=O) groups is 1. The summed E-state index contributed by atoms with van der Waals surface area (Å²) < 4.78 is 29.9. The van der Waals surface area contributed by atoms with Crippen molar-refractivity contribution in [1.82, 2.24) is 19.8 Å². The number of hydrogen-bond acceptors (Lipinski definition) is 5. The molecule has 30 heavy (non-hydrogen) atoms. The highest BCUT2D eigenvalue weighted by atomic mass is 35.5. The van der Waals surface area contributed by atoms with Gasteiger partial charge in [0.1, 0.15) is 10.9 Å². The summed E-state index contributed by atoms with van der Waals surface area (Å²) in [5, 5.41) is 7.49. The van der Waals surface area contributed by atoms with E-state index in [1.54, 1.807) is 0 Å². The summed E-state index contributed by atoms with van der Waals surface area (Å²) in [6, 6.07) is 5.26. The number of thioether (sulfide) groups is 1. The number of aromatic nitrogens is 2. The van der Waals surface area contributed by atoms with E-state index in [0.717, 1.165) is 11.4 Å². The van der Waals surface area contributed by atoms with Gasteiger partial charge in [0.25, 0.3) is 0 Å². The van der Waals surface area contributed by atoms with Crippen molar-refractivity contribution in [3.63, 3.8) is 0 Å². The van der Waals surface area contributed by atoms with Crippen LogP contribution in [0.4, 0.5) is 0 Å². The Hall–Kier alpha value is -1.26. The van der Waals surface area contributed by atoms with E-state index in [9.17, 15) is 13.2 Å². The van der Waals surface area contributed by atoms with Crippen molar-refractivity contribution >= 4 is 50.9 Å². The summed E-state index contributed by atoms with van der Waals surface area (Å²) >= 11 is 13.5. The Kier molecular flexibility index (Phi) is 9.49. The smallest absolute Gasteiger partial charge is 0.242 e. The van der Waals surface area contributed by atoms with Gasteiger partial charge in [-0.25, -0.2) is 8.42 Å². The molecule has 166 valence electrons. The van der Waals surface area contributed by atoms with Crippen LogP contribution in [0.15, 0.2) is 29.2 Å². The zero-order valence-corrected chi connectivity index (χ0v) is 20.3. The van der Waals surface area contributed by atoms with Crippen LogP contribution in [-0.2, 0) is 21.4 Å². The van der Waals surface area contributed by atoms with Crippen LogP contribution in [0.1, 0.15) is 24.2 Å². The van der Waals surface area contributed by atoms with Gasteiger partial charge in [-0.3, -0.25) is 9.48 Å². The molecule has 11 heteroatoms. The van der Waals surface area contributed by atoms with Crippen LogP contribution in [0.3, 0.4) is 0 Å². The van der Waals surface area contributed by atoms with Gasteiger partial charge < -0.3 is 5.32 Å². The molecule has 0 spiro atoms. The van der Waals surface area contributed by atoms with Crippen molar-refractivity contribution < 1.29 is 13.2 Å². The number of halogens is 2. The number of nitrogens with one attached hydrogen (secondary N) is 2. The van der Waals surface area contributed by atoms with E-state index in [1.807, 2.05) is 30.9 Å². The SMILES string of the molecule is CSCCC(NS(=O)(=O)c1cc(Cl)ccc1Cl)C(=O)NCCCn1nc(C)cc1C. The fourth-order valence-corrected chi connectivity index (χ4v) is 5.34. The monoisotopic (exact) mass is 492 g/mol. The molecule has 0 aliphatic rings.